The molecular formula is C19H25N3O2S. The van der Waals surface area contributed by atoms with Crippen LogP contribution >= 0.6 is 11.8 Å². The monoisotopic (exact) mass is 359 g/mol. The van der Waals surface area contributed by atoms with Crippen LogP contribution < -0.4 is 10.9 Å². The smallest absolute Gasteiger partial charge is 0.262 e. The lowest BCUT2D eigenvalue weighted by Gasteiger charge is -2.20. The van der Waals surface area contributed by atoms with E-state index in [1.807, 2.05) is 39.0 Å². The summed E-state index contributed by atoms with van der Waals surface area (Å²) in [7, 11) is 0. The quantitative estimate of drug-likeness (QED) is 0.655. The molecule has 1 heterocycles. The number of para-hydroxylation sites is 1. The van der Waals surface area contributed by atoms with Crippen LogP contribution in [0.25, 0.3) is 10.9 Å². The van der Waals surface area contributed by atoms with Crippen molar-refractivity contribution in [2.75, 3.05) is 0 Å². The number of hydrogen-bond donors (Lipinski definition) is 1. The fourth-order valence-corrected chi connectivity index (χ4v) is 4.31. The third kappa shape index (κ3) is 3.89. The van der Waals surface area contributed by atoms with Crippen molar-refractivity contribution in [3.05, 3.63) is 34.6 Å². The Labute approximate surface area is 152 Å². The lowest BCUT2D eigenvalue weighted by Crippen LogP contribution is -2.38. The Kier molecular flexibility index (Phi) is 5.47. The van der Waals surface area contributed by atoms with E-state index >= 15 is 0 Å². The summed E-state index contributed by atoms with van der Waals surface area (Å²) in [6, 6.07) is 7.65. The molecule has 1 saturated carbocycles. The fourth-order valence-electron chi connectivity index (χ4n) is 3.26. The Balaban J connectivity index is 1.87. The number of nitrogens with zero attached hydrogens (tertiary/aromatic N) is 2. The van der Waals surface area contributed by atoms with Crippen molar-refractivity contribution in [2.45, 2.75) is 68.9 Å². The molecule has 0 bridgehead atoms. The second-order valence-electron chi connectivity index (χ2n) is 6.93. The summed E-state index contributed by atoms with van der Waals surface area (Å²) in [6.45, 7) is 5.80. The molecule has 1 amide bonds. The molecule has 1 unspecified atom stereocenters. The SMILES string of the molecule is CC(Sc1nc2ccccc2c(=O)n1C(C)C)C(=O)NC1CCCC1. The lowest BCUT2D eigenvalue weighted by atomic mass is 10.2. The number of hydrogen-bond acceptors (Lipinski definition) is 4. The minimum atomic E-state index is -0.293. The van der Waals surface area contributed by atoms with Gasteiger partial charge in [0.05, 0.1) is 16.2 Å². The van der Waals surface area contributed by atoms with Gasteiger partial charge in [-0.1, -0.05) is 36.7 Å². The first-order chi connectivity index (χ1) is 12.0. The second kappa shape index (κ2) is 7.60. The van der Waals surface area contributed by atoms with Crippen LogP contribution in [0.4, 0.5) is 0 Å². The molecule has 1 fully saturated rings. The molecule has 25 heavy (non-hydrogen) atoms. The van der Waals surface area contributed by atoms with Crippen molar-refractivity contribution in [1.29, 1.82) is 0 Å². The van der Waals surface area contributed by atoms with Crippen LogP contribution in [0.2, 0.25) is 0 Å². The molecule has 2 aromatic rings. The minimum Gasteiger partial charge on any atom is -0.352 e. The number of thioether (sulfide) groups is 1. The van der Waals surface area contributed by atoms with Gasteiger partial charge >= 0.3 is 0 Å². The van der Waals surface area contributed by atoms with Crippen LogP contribution in [0.15, 0.2) is 34.2 Å². The predicted octanol–water partition coefficient (Wildman–Crippen LogP) is 3.52. The molecule has 0 aliphatic heterocycles. The number of benzene rings is 1. The van der Waals surface area contributed by atoms with E-state index in [0.717, 1.165) is 12.8 Å². The van der Waals surface area contributed by atoms with Crippen LogP contribution in [-0.4, -0.2) is 26.8 Å². The zero-order valence-electron chi connectivity index (χ0n) is 15.0. The van der Waals surface area contributed by atoms with Crippen LogP contribution in [0.5, 0.6) is 0 Å². The van der Waals surface area contributed by atoms with E-state index in [1.54, 1.807) is 10.6 Å². The molecule has 1 aliphatic carbocycles. The van der Waals surface area contributed by atoms with Crippen molar-refractivity contribution < 1.29 is 4.79 Å². The predicted molar refractivity (Wildman–Crippen MR) is 102 cm³/mol. The van der Waals surface area contributed by atoms with E-state index in [0.29, 0.717) is 22.1 Å². The van der Waals surface area contributed by atoms with E-state index in [4.69, 9.17) is 0 Å². The highest BCUT2D eigenvalue weighted by Crippen LogP contribution is 2.25. The van der Waals surface area contributed by atoms with Gasteiger partial charge in [0.1, 0.15) is 0 Å². The number of aromatic nitrogens is 2. The summed E-state index contributed by atoms with van der Waals surface area (Å²) in [6.07, 6.45) is 4.50. The summed E-state index contributed by atoms with van der Waals surface area (Å²) in [5.41, 5.74) is 0.627. The Bertz CT molecular complexity index is 825. The number of rotatable bonds is 5. The van der Waals surface area contributed by atoms with Gasteiger partial charge in [0.2, 0.25) is 5.91 Å². The average Bonchev–Trinajstić information content (AvgIpc) is 3.07. The van der Waals surface area contributed by atoms with Gasteiger partial charge in [-0.2, -0.15) is 0 Å². The molecule has 1 N–H and O–H groups in total. The maximum atomic E-state index is 12.8. The largest absolute Gasteiger partial charge is 0.352 e. The molecule has 1 aliphatic rings. The average molecular weight is 359 g/mol. The zero-order chi connectivity index (χ0) is 18.0. The van der Waals surface area contributed by atoms with Gasteiger partial charge in [-0.25, -0.2) is 4.98 Å². The summed E-state index contributed by atoms with van der Waals surface area (Å²) in [5, 5.41) is 4.05. The molecule has 1 aromatic carbocycles. The van der Waals surface area contributed by atoms with Crippen LogP contribution in [0, 0.1) is 0 Å². The minimum absolute atomic E-state index is 0.0165. The summed E-state index contributed by atoms with van der Waals surface area (Å²) >= 11 is 1.36. The standard InChI is InChI=1S/C19H25N3O2S/c1-12(2)22-18(24)15-10-6-7-11-16(15)21-19(22)25-13(3)17(23)20-14-8-4-5-9-14/h6-7,10-14H,4-5,8-9H2,1-3H3,(H,20,23). The van der Waals surface area contributed by atoms with E-state index in [-0.39, 0.29) is 22.8 Å². The van der Waals surface area contributed by atoms with Crippen LogP contribution in [0.1, 0.15) is 52.5 Å². The van der Waals surface area contributed by atoms with E-state index in [9.17, 15) is 9.59 Å². The van der Waals surface area contributed by atoms with Crippen molar-refractivity contribution in [3.63, 3.8) is 0 Å². The summed E-state index contributed by atoms with van der Waals surface area (Å²) < 4.78 is 1.69. The second-order valence-corrected chi connectivity index (χ2v) is 8.24. The maximum absolute atomic E-state index is 12.8. The third-order valence-electron chi connectivity index (χ3n) is 4.64. The summed E-state index contributed by atoms with van der Waals surface area (Å²) in [4.78, 5) is 30.0. The van der Waals surface area contributed by atoms with Crippen molar-refractivity contribution >= 4 is 28.6 Å². The molecule has 3 rings (SSSR count). The molecule has 134 valence electrons. The number of fused-ring (bicyclic) bond motifs is 1. The highest BCUT2D eigenvalue weighted by Gasteiger charge is 2.23. The first-order valence-electron chi connectivity index (χ1n) is 8.95. The van der Waals surface area contributed by atoms with Crippen molar-refractivity contribution in [1.82, 2.24) is 14.9 Å². The Morgan fingerprint density at radius 1 is 1.24 bits per heavy atom. The Morgan fingerprint density at radius 3 is 2.60 bits per heavy atom. The van der Waals surface area contributed by atoms with Gasteiger partial charge in [0, 0.05) is 12.1 Å². The maximum Gasteiger partial charge on any atom is 0.262 e. The first kappa shape index (κ1) is 18.0. The topological polar surface area (TPSA) is 64.0 Å². The Hall–Kier alpha value is -1.82. The number of carbonyl (C=O) groups is 1. The molecule has 0 radical (unpaired) electrons. The van der Waals surface area contributed by atoms with Crippen molar-refractivity contribution in [3.8, 4) is 0 Å². The third-order valence-corrected chi connectivity index (χ3v) is 5.71. The van der Waals surface area contributed by atoms with Gasteiger partial charge in [-0.3, -0.25) is 14.2 Å². The number of carbonyl (C=O) groups excluding carboxylic acids is 1. The number of amides is 1. The molecule has 6 heteroatoms. The van der Waals surface area contributed by atoms with Gasteiger partial charge in [-0.15, -0.1) is 0 Å². The fraction of sp³-hybridized carbons (Fsp3) is 0.526. The van der Waals surface area contributed by atoms with Crippen LogP contribution in [-0.2, 0) is 4.79 Å². The molecule has 0 spiro atoms. The molecular weight excluding hydrogens is 334 g/mol. The van der Waals surface area contributed by atoms with Gasteiger partial charge < -0.3 is 5.32 Å². The van der Waals surface area contributed by atoms with E-state index in [1.165, 1.54) is 24.6 Å². The highest BCUT2D eigenvalue weighted by molar-refractivity contribution is 8.00. The lowest BCUT2D eigenvalue weighted by molar-refractivity contribution is -0.120. The summed E-state index contributed by atoms with van der Waals surface area (Å²) in [5.74, 6) is 0.0228. The highest BCUT2D eigenvalue weighted by atomic mass is 32.2. The first-order valence-corrected chi connectivity index (χ1v) is 9.83. The Morgan fingerprint density at radius 2 is 1.92 bits per heavy atom. The zero-order valence-corrected chi connectivity index (χ0v) is 15.8. The number of nitrogens with one attached hydrogen (secondary N) is 1. The molecule has 5 nitrogen and oxygen atoms in total. The molecule has 1 atom stereocenters. The molecule has 1 aromatic heterocycles. The van der Waals surface area contributed by atoms with Gasteiger partial charge in [-0.05, 0) is 45.7 Å². The van der Waals surface area contributed by atoms with Gasteiger partial charge in [0.15, 0.2) is 5.16 Å². The van der Waals surface area contributed by atoms with Gasteiger partial charge in [0.25, 0.3) is 5.56 Å². The van der Waals surface area contributed by atoms with E-state index < -0.39 is 0 Å². The van der Waals surface area contributed by atoms with Crippen molar-refractivity contribution in [2.24, 2.45) is 0 Å². The molecule has 0 saturated heterocycles. The van der Waals surface area contributed by atoms with E-state index in [2.05, 4.69) is 10.3 Å². The normalized spacial score (nSPS) is 16.5. The van der Waals surface area contributed by atoms with Crippen LogP contribution in [0.3, 0.4) is 0 Å².